The van der Waals surface area contributed by atoms with Crippen molar-refractivity contribution in [1.82, 2.24) is 0 Å². The highest BCUT2D eigenvalue weighted by Gasteiger charge is 2.27. The first kappa shape index (κ1) is 14.0. The van der Waals surface area contributed by atoms with Crippen molar-refractivity contribution in [1.29, 1.82) is 0 Å². The molecule has 0 aliphatic carbocycles. The van der Waals surface area contributed by atoms with Crippen molar-refractivity contribution < 1.29 is 4.74 Å². The second-order valence-electron chi connectivity index (χ2n) is 7.30. The van der Waals surface area contributed by atoms with Gasteiger partial charge in [-0.25, -0.2) is 0 Å². The van der Waals surface area contributed by atoms with Crippen LogP contribution in [0.15, 0.2) is 0 Å². The van der Waals surface area contributed by atoms with Crippen LogP contribution in [0.1, 0.15) is 61.8 Å². The summed E-state index contributed by atoms with van der Waals surface area (Å²) >= 11 is 0. The third-order valence-electron chi connectivity index (χ3n) is 1.90. The molecule has 0 saturated carbocycles. The molecular weight excluding hydrogens is 172 g/mol. The van der Waals surface area contributed by atoms with Crippen LogP contribution in [-0.4, -0.2) is 12.2 Å². The second kappa shape index (κ2) is 4.22. The van der Waals surface area contributed by atoms with Crippen LogP contribution in [0, 0.1) is 10.8 Å². The van der Waals surface area contributed by atoms with Crippen molar-refractivity contribution in [3.8, 4) is 0 Å². The Morgan fingerprint density at radius 1 is 0.786 bits per heavy atom. The summed E-state index contributed by atoms with van der Waals surface area (Å²) in [5, 5.41) is 0. The zero-order valence-corrected chi connectivity index (χ0v) is 11.3. The molecule has 0 aromatic rings. The highest BCUT2D eigenvalue weighted by atomic mass is 16.5. The van der Waals surface area contributed by atoms with Gasteiger partial charge in [-0.1, -0.05) is 34.6 Å². The third-order valence-corrected chi connectivity index (χ3v) is 1.90. The van der Waals surface area contributed by atoms with E-state index in [1.54, 1.807) is 0 Å². The van der Waals surface area contributed by atoms with Crippen molar-refractivity contribution >= 4 is 0 Å². The van der Waals surface area contributed by atoms with Gasteiger partial charge in [0.1, 0.15) is 0 Å². The van der Waals surface area contributed by atoms with E-state index in [-0.39, 0.29) is 11.0 Å². The summed E-state index contributed by atoms with van der Waals surface area (Å²) in [6.45, 7) is 18.6. The Morgan fingerprint density at radius 2 is 1.21 bits per heavy atom. The Balaban J connectivity index is 4.09. The van der Waals surface area contributed by atoms with Crippen LogP contribution in [0.4, 0.5) is 0 Å². The highest BCUT2D eigenvalue weighted by molar-refractivity contribution is 4.77. The minimum absolute atomic E-state index is 0.0187. The van der Waals surface area contributed by atoms with Crippen molar-refractivity contribution in [2.75, 3.05) is 6.61 Å². The van der Waals surface area contributed by atoms with Gasteiger partial charge in [0.05, 0.1) is 12.2 Å². The lowest BCUT2D eigenvalue weighted by Crippen LogP contribution is -2.31. The van der Waals surface area contributed by atoms with Gasteiger partial charge in [0, 0.05) is 0 Å². The number of hydrogen-bond acceptors (Lipinski definition) is 1. The molecule has 0 aromatic heterocycles. The van der Waals surface area contributed by atoms with E-state index >= 15 is 0 Å². The average Bonchev–Trinajstić information content (AvgIpc) is 1.76. The molecule has 0 radical (unpaired) electrons. The Bertz CT molecular complexity index is 167. The first-order valence-corrected chi connectivity index (χ1v) is 5.55. The fourth-order valence-electron chi connectivity index (χ4n) is 1.90. The van der Waals surface area contributed by atoms with E-state index in [0.29, 0.717) is 5.41 Å². The second-order valence-corrected chi connectivity index (χ2v) is 7.30. The SMILES string of the molecule is CC(C)(C)CC(C)(C)COC(C)(C)C. The van der Waals surface area contributed by atoms with E-state index in [1.807, 2.05) is 0 Å². The minimum atomic E-state index is -0.0187. The molecule has 0 fully saturated rings. The molecule has 0 atom stereocenters. The lowest BCUT2D eigenvalue weighted by Gasteiger charge is -2.34. The Morgan fingerprint density at radius 3 is 1.50 bits per heavy atom. The predicted molar refractivity (Wildman–Crippen MR) is 63.6 cm³/mol. The molecule has 0 aliphatic rings. The lowest BCUT2D eigenvalue weighted by molar-refractivity contribution is -0.0520. The van der Waals surface area contributed by atoms with Gasteiger partial charge < -0.3 is 4.74 Å². The molecule has 0 N–H and O–H groups in total. The predicted octanol–water partition coefficient (Wildman–Crippen LogP) is 4.26. The van der Waals surface area contributed by atoms with Crippen LogP contribution >= 0.6 is 0 Å². The monoisotopic (exact) mass is 200 g/mol. The Kier molecular flexibility index (Phi) is 4.21. The van der Waals surface area contributed by atoms with E-state index in [9.17, 15) is 0 Å². The van der Waals surface area contributed by atoms with E-state index in [4.69, 9.17) is 4.74 Å². The van der Waals surface area contributed by atoms with Crippen LogP contribution in [-0.2, 0) is 4.74 Å². The van der Waals surface area contributed by atoms with Crippen LogP contribution in [0.2, 0.25) is 0 Å². The van der Waals surface area contributed by atoms with Gasteiger partial charge in [0.2, 0.25) is 0 Å². The largest absolute Gasteiger partial charge is 0.375 e. The summed E-state index contributed by atoms with van der Waals surface area (Å²) in [5.74, 6) is 0. The lowest BCUT2D eigenvalue weighted by atomic mass is 9.77. The summed E-state index contributed by atoms with van der Waals surface area (Å²) in [6, 6.07) is 0. The first-order chi connectivity index (χ1) is 5.91. The zero-order valence-electron chi connectivity index (χ0n) is 11.3. The highest BCUT2D eigenvalue weighted by Crippen LogP contribution is 2.34. The fraction of sp³-hybridized carbons (Fsp3) is 1.00. The summed E-state index contributed by atoms with van der Waals surface area (Å²) < 4.78 is 5.84. The standard InChI is InChI=1S/C13H28O/c1-11(2,3)9-13(7,8)10-14-12(4,5)6/h9-10H2,1-8H3. The molecule has 86 valence electrons. The smallest absolute Gasteiger partial charge is 0.0598 e. The quantitative estimate of drug-likeness (QED) is 0.661. The molecule has 0 bridgehead atoms. The number of hydrogen-bond donors (Lipinski definition) is 0. The van der Waals surface area contributed by atoms with Crippen LogP contribution in [0.3, 0.4) is 0 Å². The molecule has 1 heteroatoms. The molecular formula is C13H28O. The maximum atomic E-state index is 5.84. The summed E-state index contributed by atoms with van der Waals surface area (Å²) in [4.78, 5) is 0. The van der Waals surface area contributed by atoms with E-state index in [0.717, 1.165) is 6.61 Å². The molecule has 0 rings (SSSR count). The minimum Gasteiger partial charge on any atom is -0.375 e. The Labute approximate surface area is 90.2 Å². The van der Waals surface area contributed by atoms with Crippen molar-refractivity contribution in [3.63, 3.8) is 0 Å². The molecule has 0 unspecified atom stereocenters. The topological polar surface area (TPSA) is 9.23 Å². The molecule has 14 heavy (non-hydrogen) atoms. The van der Waals surface area contributed by atoms with Gasteiger partial charge in [-0.15, -0.1) is 0 Å². The maximum Gasteiger partial charge on any atom is 0.0598 e. The molecule has 0 aliphatic heterocycles. The van der Waals surface area contributed by atoms with Crippen LogP contribution in [0.5, 0.6) is 0 Å². The molecule has 0 amide bonds. The summed E-state index contributed by atoms with van der Waals surface area (Å²) in [6.07, 6.45) is 1.19. The van der Waals surface area contributed by atoms with Gasteiger partial charge in [0.15, 0.2) is 0 Å². The summed E-state index contributed by atoms with van der Waals surface area (Å²) in [7, 11) is 0. The van der Waals surface area contributed by atoms with Crippen molar-refractivity contribution in [2.45, 2.75) is 67.4 Å². The molecule has 0 heterocycles. The van der Waals surface area contributed by atoms with E-state index < -0.39 is 0 Å². The average molecular weight is 200 g/mol. The van der Waals surface area contributed by atoms with Gasteiger partial charge in [-0.2, -0.15) is 0 Å². The van der Waals surface area contributed by atoms with Crippen molar-refractivity contribution in [2.24, 2.45) is 10.8 Å². The van der Waals surface area contributed by atoms with Gasteiger partial charge in [-0.05, 0) is 38.0 Å². The zero-order chi connectivity index (χ0) is 11.6. The normalized spacial score (nSPS) is 14.6. The Hall–Kier alpha value is -0.0400. The van der Waals surface area contributed by atoms with E-state index in [1.165, 1.54) is 6.42 Å². The molecule has 0 spiro atoms. The number of ether oxygens (including phenoxy) is 1. The van der Waals surface area contributed by atoms with E-state index in [2.05, 4.69) is 55.4 Å². The fourth-order valence-corrected chi connectivity index (χ4v) is 1.90. The molecule has 0 saturated heterocycles. The number of rotatable bonds is 3. The summed E-state index contributed by atoms with van der Waals surface area (Å²) in [5.41, 5.74) is 0.630. The van der Waals surface area contributed by atoms with Crippen LogP contribution < -0.4 is 0 Å². The molecule has 1 nitrogen and oxygen atoms in total. The van der Waals surface area contributed by atoms with Gasteiger partial charge in [-0.3, -0.25) is 0 Å². The van der Waals surface area contributed by atoms with Crippen LogP contribution in [0.25, 0.3) is 0 Å². The third kappa shape index (κ3) is 8.55. The van der Waals surface area contributed by atoms with Crippen molar-refractivity contribution in [3.05, 3.63) is 0 Å². The molecule has 0 aromatic carbocycles. The maximum absolute atomic E-state index is 5.84. The first-order valence-electron chi connectivity index (χ1n) is 5.55. The van der Waals surface area contributed by atoms with Gasteiger partial charge >= 0.3 is 0 Å². The van der Waals surface area contributed by atoms with Gasteiger partial charge in [0.25, 0.3) is 0 Å².